The zero-order valence-corrected chi connectivity index (χ0v) is 15.4. The lowest BCUT2D eigenvalue weighted by Gasteiger charge is -2.16. The number of fused-ring (bicyclic) bond motifs is 2. The van der Waals surface area contributed by atoms with Crippen LogP contribution < -0.4 is 16.4 Å². The van der Waals surface area contributed by atoms with E-state index in [9.17, 15) is 14.4 Å². The number of carbonyl (C=O) groups is 1. The van der Waals surface area contributed by atoms with E-state index < -0.39 is 0 Å². The molecule has 2 aromatic heterocycles. The van der Waals surface area contributed by atoms with Crippen molar-refractivity contribution in [1.29, 1.82) is 0 Å². The van der Waals surface area contributed by atoms with Gasteiger partial charge in [0.25, 0.3) is 11.1 Å². The maximum absolute atomic E-state index is 12.4. The van der Waals surface area contributed by atoms with Gasteiger partial charge in [-0.05, 0) is 43.4 Å². The molecule has 0 fully saturated rings. The van der Waals surface area contributed by atoms with Crippen LogP contribution in [-0.4, -0.2) is 31.8 Å². The van der Waals surface area contributed by atoms with Crippen LogP contribution in [0.25, 0.3) is 10.9 Å². The van der Waals surface area contributed by atoms with Gasteiger partial charge in [0.2, 0.25) is 5.91 Å². The normalized spacial score (nSPS) is 13.3. The van der Waals surface area contributed by atoms with Gasteiger partial charge in [-0.3, -0.25) is 19.0 Å². The molecule has 8 nitrogen and oxygen atoms in total. The minimum absolute atomic E-state index is 0.122. The first kappa shape index (κ1) is 18.1. The van der Waals surface area contributed by atoms with Crippen molar-refractivity contribution in [3.8, 4) is 0 Å². The van der Waals surface area contributed by atoms with E-state index in [-0.39, 0.29) is 30.1 Å². The van der Waals surface area contributed by atoms with Crippen LogP contribution in [0.5, 0.6) is 0 Å². The Kier molecular flexibility index (Phi) is 5.01. The van der Waals surface area contributed by atoms with Gasteiger partial charge in [-0.2, -0.15) is 5.10 Å². The van der Waals surface area contributed by atoms with E-state index >= 15 is 0 Å². The van der Waals surface area contributed by atoms with Crippen LogP contribution in [0.1, 0.15) is 24.1 Å². The van der Waals surface area contributed by atoms with Crippen molar-refractivity contribution in [2.45, 2.75) is 38.8 Å². The average molecular weight is 379 g/mol. The summed E-state index contributed by atoms with van der Waals surface area (Å²) in [7, 11) is 0. The van der Waals surface area contributed by atoms with Crippen molar-refractivity contribution in [3.05, 3.63) is 68.6 Å². The minimum Gasteiger partial charge on any atom is -0.353 e. The largest absolute Gasteiger partial charge is 0.353 e. The second-order valence-electron chi connectivity index (χ2n) is 6.93. The van der Waals surface area contributed by atoms with Gasteiger partial charge in [-0.25, -0.2) is 9.67 Å². The van der Waals surface area contributed by atoms with Gasteiger partial charge < -0.3 is 5.32 Å². The Morgan fingerprint density at radius 3 is 2.86 bits per heavy atom. The van der Waals surface area contributed by atoms with Gasteiger partial charge in [0.1, 0.15) is 6.54 Å². The quantitative estimate of drug-likeness (QED) is 0.702. The Balaban J connectivity index is 1.38. The molecule has 1 N–H and O–H groups in total. The van der Waals surface area contributed by atoms with Crippen molar-refractivity contribution in [2.24, 2.45) is 0 Å². The van der Waals surface area contributed by atoms with Crippen molar-refractivity contribution in [3.63, 3.8) is 0 Å². The third-order valence-electron chi connectivity index (χ3n) is 4.97. The third-order valence-corrected chi connectivity index (χ3v) is 4.97. The Labute approximate surface area is 160 Å². The summed E-state index contributed by atoms with van der Waals surface area (Å²) in [5.41, 5.74) is 2.21. The first-order valence-electron chi connectivity index (χ1n) is 9.42. The van der Waals surface area contributed by atoms with Crippen molar-refractivity contribution in [1.82, 2.24) is 24.6 Å². The van der Waals surface area contributed by atoms with Crippen LogP contribution in [-0.2, 0) is 30.7 Å². The highest BCUT2D eigenvalue weighted by Gasteiger charge is 2.13. The third kappa shape index (κ3) is 3.71. The molecule has 1 aliphatic carbocycles. The van der Waals surface area contributed by atoms with Crippen molar-refractivity contribution < 1.29 is 4.79 Å². The lowest BCUT2D eigenvalue weighted by molar-refractivity contribution is -0.121. The molecular formula is C20H21N5O3. The number of benzene rings is 1. The van der Waals surface area contributed by atoms with E-state index in [1.54, 1.807) is 24.3 Å². The number of hydrogen-bond donors (Lipinski definition) is 1. The monoisotopic (exact) mass is 379 g/mol. The number of rotatable bonds is 5. The van der Waals surface area contributed by atoms with E-state index in [0.717, 1.165) is 36.9 Å². The van der Waals surface area contributed by atoms with Gasteiger partial charge in [0.15, 0.2) is 0 Å². The second-order valence-corrected chi connectivity index (χ2v) is 6.93. The molecule has 0 bridgehead atoms. The molecule has 0 radical (unpaired) electrons. The van der Waals surface area contributed by atoms with E-state index in [1.165, 1.54) is 15.6 Å². The van der Waals surface area contributed by atoms with E-state index in [1.807, 2.05) is 6.07 Å². The average Bonchev–Trinajstić information content (AvgIpc) is 2.71. The minimum atomic E-state index is -0.315. The van der Waals surface area contributed by atoms with Crippen LogP contribution in [0.3, 0.4) is 0 Å². The van der Waals surface area contributed by atoms with Gasteiger partial charge in [-0.15, -0.1) is 0 Å². The number of nitrogens with zero attached hydrogens (tertiary/aromatic N) is 4. The Morgan fingerprint density at radius 2 is 1.96 bits per heavy atom. The van der Waals surface area contributed by atoms with Crippen LogP contribution in [0.15, 0.2) is 46.2 Å². The molecule has 0 saturated heterocycles. The van der Waals surface area contributed by atoms with Crippen molar-refractivity contribution >= 4 is 16.8 Å². The standard InChI is InChI=1S/C20H21N5O3/c26-18(12-24-13-22-17-8-4-2-6-15(17)20(24)28)21-9-10-25-19(27)11-14-5-1-3-7-16(14)23-25/h2,4,6,8,11,13H,1,3,5,7,9-10,12H2,(H,21,26). The Morgan fingerprint density at radius 1 is 1.14 bits per heavy atom. The molecule has 28 heavy (non-hydrogen) atoms. The summed E-state index contributed by atoms with van der Waals surface area (Å²) >= 11 is 0. The SMILES string of the molecule is O=C(Cn1cnc2ccccc2c1=O)NCCn1nc2c(cc1=O)CCCC2. The predicted molar refractivity (Wildman–Crippen MR) is 104 cm³/mol. The van der Waals surface area contributed by atoms with Crippen LogP contribution in [0.4, 0.5) is 0 Å². The fourth-order valence-electron chi connectivity index (χ4n) is 3.49. The number of para-hydroxylation sites is 1. The molecule has 144 valence electrons. The van der Waals surface area contributed by atoms with Crippen molar-refractivity contribution in [2.75, 3.05) is 6.54 Å². The summed E-state index contributed by atoms with van der Waals surface area (Å²) in [5, 5.41) is 7.64. The summed E-state index contributed by atoms with van der Waals surface area (Å²) in [5.74, 6) is -0.315. The van der Waals surface area contributed by atoms with Crippen LogP contribution >= 0.6 is 0 Å². The smallest absolute Gasteiger partial charge is 0.267 e. The molecule has 0 saturated carbocycles. The molecule has 0 atom stereocenters. The topological polar surface area (TPSA) is 98.9 Å². The lowest BCUT2D eigenvalue weighted by atomic mass is 9.97. The summed E-state index contributed by atoms with van der Waals surface area (Å²) in [6, 6.07) is 8.67. The molecule has 4 rings (SSSR count). The maximum Gasteiger partial charge on any atom is 0.267 e. The molecule has 3 aromatic rings. The maximum atomic E-state index is 12.4. The molecule has 1 amide bonds. The van der Waals surface area contributed by atoms with Crippen LogP contribution in [0, 0.1) is 0 Å². The Bertz CT molecular complexity index is 1150. The number of carbonyl (C=O) groups excluding carboxylic acids is 1. The molecule has 0 aliphatic heterocycles. The highest BCUT2D eigenvalue weighted by atomic mass is 16.2. The Hall–Kier alpha value is -3.29. The molecular weight excluding hydrogens is 358 g/mol. The molecule has 8 heteroatoms. The summed E-state index contributed by atoms with van der Waals surface area (Å²) in [6.45, 7) is 0.437. The van der Waals surface area contributed by atoms with Gasteiger partial charge in [0, 0.05) is 12.6 Å². The van der Waals surface area contributed by atoms with Gasteiger partial charge >= 0.3 is 0 Å². The second kappa shape index (κ2) is 7.75. The molecule has 1 aromatic carbocycles. The summed E-state index contributed by atoms with van der Waals surface area (Å²) < 4.78 is 2.68. The van der Waals surface area contributed by atoms with Crippen LogP contribution in [0.2, 0.25) is 0 Å². The summed E-state index contributed by atoms with van der Waals surface area (Å²) in [4.78, 5) is 41.0. The number of amides is 1. The predicted octanol–water partition coefficient (Wildman–Crippen LogP) is 0.648. The zero-order chi connectivity index (χ0) is 19.5. The molecule has 2 heterocycles. The van der Waals surface area contributed by atoms with E-state index in [0.29, 0.717) is 17.4 Å². The number of aromatic nitrogens is 4. The number of nitrogens with one attached hydrogen (secondary N) is 1. The molecule has 0 spiro atoms. The highest BCUT2D eigenvalue weighted by molar-refractivity contribution is 5.78. The lowest BCUT2D eigenvalue weighted by Crippen LogP contribution is -2.36. The zero-order valence-electron chi connectivity index (χ0n) is 15.4. The number of aryl methyl sites for hydroxylation is 2. The molecule has 0 unspecified atom stereocenters. The van der Waals surface area contributed by atoms with Gasteiger partial charge in [0.05, 0.1) is 29.5 Å². The fraction of sp³-hybridized carbons (Fsp3) is 0.350. The van der Waals surface area contributed by atoms with E-state index in [4.69, 9.17) is 0 Å². The molecule has 1 aliphatic rings. The number of hydrogen-bond acceptors (Lipinski definition) is 5. The van der Waals surface area contributed by atoms with Gasteiger partial charge in [-0.1, -0.05) is 12.1 Å². The first-order chi connectivity index (χ1) is 13.6. The summed E-state index contributed by atoms with van der Waals surface area (Å²) in [6.07, 6.45) is 5.35. The highest BCUT2D eigenvalue weighted by Crippen LogP contribution is 2.16. The van der Waals surface area contributed by atoms with E-state index in [2.05, 4.69) is 15.4 Å². The fourth-order valence-corrected chi connectivity index (χ4v) is 3.49. The first-order valence-corrected chi connectivity index (χ1v) is 9.42.